The molecule has 4 nitrogen and oxygen atoms in total. The number of benzene rings is 1. The lowest BCUT2D eigenvalue weighted by molar-refractivity contribution is 0.583. The molecule has 0 spiro atoms. The van der Waals surface area contributed by atoms with Crippen LogP contribution in [0, 0.1) is 11.3 Å². The predicted octanol–water partition coefficient (Wildman–Crippen LogP) is 0.998. The second-order valence-electron chi connectivity index (χ2n) is 3.03. The molecule has 0 aliphatic heterocycles. The first kappa shape index (κ1) is 11.7. The Morgan fingerprint density at radius 1 is 1.40 bits per heavy atom. The van der Waals surface area contributed by atoms with Crippen LogP contribution in [0.2, 0.25) is 0 Å². The molecule has 0 aliphatic carbocycles. The topological polar surface area (TPSA) is 70.0 Å². The average molecular weight is 224 g/mol. The molecule has 0 bridgehead atoms. The van der Waals surface area contributed by atoms with E-state index in [2.05, 4.69) is 4.72 Å². The van der Waals surface area contributed by atoms with Gasteiger partial charge in [-0.25, -0.2) is 13.1 Å². The largest absolute Gasteiger partial charge is 0.215 e. The monoisotopic (exact) mass is 224 g/mol. The number of nitrogens with zero attached hydrogens (tertiary/aromatic N) is 1. The van der Waals surface area contributed by atoms with Crippen LogP contribution in [0.4, 0.5) is 0 Å². The van der Waals surface area contributed by atoms with Crippen molar-refractivity contribution in [3.05, 3.63) is 35.4 Å². The molecule has 1 N–H and O–H groups in total. The highest BCUT2D eigenvalue weighted by molar-refractivity contribution is 7.88. The Bertz CT molecular complexity index is 474. The first-order valence-corrected chi connectivity index (χ1v) is 6.19. The molecule has 1 rings (SSSR count). The molecular weight excluding hydrogens is 212 g/mol. The second kappa shape index (κ2) is 4.91. The summed E-state index contributed by atoms with van der Waals surface area (Å²) < 4.78 is 25.3. The highest BCUT2D eigenvalue weighted by Gasteiger charge is 2.12. The normalized spacial score (nSPS) is 10.9. The van der Waals surface area contributed by atoms with E-state index >= 15 is 0 Å². The summed E-state index contributed by atoms with van der Waals surface area (Å²) in [6.45, 7) is 2.07. The van der Waals surface area contributed by atoms with Crippen LogP contribution in [0.25, 0.3) is 0 Å². The third-order valence-electron chi connectivity index (χ3n) is 1.85. The summed E-state index contributed by atoms with van der Waals surface area (Å²) in [6, 6.07) is 8.65. The van der Waals surface area contributed by atoms with E-state index in [-0.39, 0.29) is 5.75 Å². The highest BCUT2D eigenvalue weighted by atomic mass is 32.2. The molecular formula is C10H12N2O2S. The third-order valence-corrected chi connectivity index (χ3v) is 3.27. The molecule has 1 aromatic carbocycles. The molecule has 15 heavy (non-hydrogen) atoms. The first-order valence-electron chi connectivity index (χ1n) is 4.54. The number of nitriles is 1. The lowest BCUT2D eigenvalue weighted by atomic mass is 10.1. The number of hydrogen-bond acceptors (Lipinski definition) is 3. The molecule has 0 heterocycles. The minimum absolute atomic E-state index is 0.148. The van der Waals surface area contributed by atoms with Gasteiger partial charge >= 0.3 is 0 Å². The van der Waals surface area contributed by atoms with Crippen LogP contribution in [0.3, 0.4) is 0 Å². The fraction of sp³-hybridized carbons (Fsp3) is 0.300. The van der Waals surface area contributed by atoms with Gasteiger partial charge in [0.1, 0.15) is 0 Å². The van der Waals surface area contributed by atoms with Crippen LogP contribution < -0.4 is 4.72 Å². The summed E-state index contributed by atoms with van der Waals surface area (Å²) in [5.41, 5.74) is 0.930. The van der Waals surface area contributed by atoms with Gasteiger partial charge in [0.15, 0.2) is 0 Å². The van der Waals surface area contributed by atoms with Gasteiger partial charge in [-0.05, 0) is 11.6 Å². The van der Waals surface area contributed by atoms with Crippen molar-refractivity contribution in [1.82, 2.24) is 4.72 Å². The molecule has 0 amide bonds. The molecule has 80 valence electrons. The number of nitrogens with one attached hydrogen (secondary N) is 1. The summed E-state index contributed by atoms with van der Waals surface area (Å²) >= 11 is 0. The van der Waals surface area contributed by atoms with Crippen molar-refractivity contribution in [3.8, 4) is 6.07 Å². The Balaban J connectivity index is 2.96. The lowest BCUT2D eigenvalue weighted by Crippen LogP contribution is -2.24. The van der Waals surface area contributed by atoms with Crippen LogP contribution in [-0.2, 0) is 15.8 Å². The van der Waals surface area contributed by atoms with Crippen LogP contribution in [0.15, 0.2) is 24.3 Å². The quantitative estimate of drug-likeness (QED) is 0.829. The van der Waals surface area contributed by atoms with Gasteiger partial charge in [0.05, 0.1) is 17.4 Å². The van der Waals surface area contributed by atoms with E-state index in [1.807, 2.05) is 6.07 Å². The van der Waals surface area contributed by atoms with Crippen LogP contribution in [0.1, 0.15) is 18.1 Å². The van der Waals surface area contributed by atoms with Gasteiger partial charge in [-0.15, -0.1) is 0 Å². The van der Waals surface area contributed by atoms with Crippen molar-refractivity contribution < 1.29 is 8.42 Å². The lowest BCUT2D eigenvalue weighted by Gasteiger charge is -2.05. The minimum Gasteiger partial charge on any atom is -0.215 e. The third kappa shape index (κ3) is 3.35. The van der Waals surface area contributed by atoms with Gasteiger partial charge in [0.25, 0.3) is 0 Å². The molecule has 0 unspecified atom stereocenters. The van der Waals surface area contributed by atoms with E-state index in [1.165, 1.54) is 0 Å². The van der Waals surface area contributed by atoms with Crippen molar-refractivity contribution in [2.75, 3.05) is 6.54 Å². The van der Waals surface area contributed by atoms with Crippen molar-refractivity contribution in [2.24, 2.45) is 0 Å². The summed E-state index contributed by atoms with van der Waals surface area (Å²) in [6.07, 6.45) is 0. The molecule has 0 atom stereocenters. The molecule has 0 saturated heterocycles. The Kier molecular flexibility index (Phi) is 3.83. The highest BCUT2D eigenvalue weighted by Crippen LogP contribution is 2.10. The fourth-order valence-electron chi connectivity index (χ4n) is 1.23. The Labute approximate surface area is 89.6 Å². The van der Waals surface area contributed by atoms with Crippen molar-refractivity contribution in [2.45, 2.75) is 12.7 Å². The zero-order valence-corrected chi connectivity index (χ0v) is 9.21. The Hall–Kier alpha value is -1.38. The molecule has 0 aromatic heterocycles. The van der Waals surface area contributed by atoms with Gasteiger partial charge in [0.2, 0.25) is 10.0 Å². The fourth-order valence-corrected chi connectivity index (χ4v) is 2.43. The van der Waals surface area contributed by atoms with Gasteiger partial charge in [-0.3, -0.25) is 0 Å². The molecule has 0 radical (unpaired) electrons. The van der Waals surface area contributed by atoms with E-state index in [0.29, 0.717) is 17.7 Å². The Morgan fingerprint density at radius 2 is 2.07 bits per heavy atom. The maximum absolute atomic E-state index is 11.4. The average Bonchev–Trinajstić information content (AvgIpc) is 2.17. The number of hydrogen-bond donors (Lipinski definition) is 1. The standard InChI is InChI=1S/C10H12N2O2S/c1-2-12-15(13,14)8-10-6-4-3-5-9(10)7-11/h3-6,12H,2,8H2,1H3. The zero-order valence-electron chi connectivity index (χ0n) is 8.40. The molecule has 5 heteroatoms. The van der Waals surface area contributed by atoms with Gasteiger partial charge in [0, 0.05) is 6.54 Å². The van der Waals surface area contributed by atoms with Crippen molar-refractivity contribution in [1.29, 1.82) is 5.26 Å². The van der Waals surface area contributed by atoms with E-state index in [0.717, 1.165) is 0 Å². The SMILES string of the molecule is CCNS(=O)(=O)Cc1ccccc1C#N. The Morgan fingerprint density at radius 3 is 2.67 bits per heavy atom. The summed E-state index contributed by atoms with van der Waals surface area (Å²) in [4.78, 5) is 0. The van der Waals surface area contributed by atoms with Crippen molar-refractivity contribution in [3.63, 3.8) is 0 Å². The van der Waals surface area contributed by atoms with Gasteiger partial charge in [-0.2, -0.15) is 5.26 Å². The molecule has 0 aliphatic rings. The molecule has 0 fully saturated rings. The van der Waals surface area contributed by atoms with Crippen LogP contribution in [-0.4, -0.2) is 15.0 Å². The molecule has 0 saturated carbocycles. The predicted molar refractivity (Wildman–Crippen MR) is 57.5 cm³/mol. The maximum Gasteiger partial charge on any atom is 0.215 e. The first-order chi connectivity index (χ1) is 7.09. The summed E-state index contributed by atoms with van der Waals surface area (Å²) in [5.74, 6) is -0.148. The van der Waals surface area contributed by atoms with Gasteiger partial charge < -0.3 is 0 Å². The zero-order chi connectivity index (χ0) is 11.3. The van der Waals surface area contributed by atoms with E-state index in [4.69, 9.17) is 5.26 Å². The van der Waals surface area contributed by atoms with E-state index in [9.17, 15) is 8.42 Å². The molecule has 1 aromatic rings. The summed E-state index contributed by atoms with van der Waals surface area (Å²) in [7, 11) is -3.32. The minimum atomic E-state index is -3.32. The maximum atomic E-state index is 11.4. The number of sulfonamides is 1. The van der Waals surface area contributed by atoms with E-state index in [1.54, 1.807) is 31.2 Å². The second-order valence-corrected chi connectivity index (χ2v) is 4.83. The van der Waals surface area contributed by atoms with Crippen molar-refractivity contribution >= 4 is 10.0 Å². The summed E-state index contributed by atoms with van der Waals surface area (Å²) in [5, 5.41) is 8.78. The van der Waals surface area contributed by atoms with E-state index < -0.39 is 10.0 Å². The van der Waals surface area contributed by atoms with Crippen LogP contribution >= 0.6 is 0 Å². The smallest absolute Gasteiger partial charge is 0.215 e. The van der Waals surface area contributed by atoms with Crippen LogP contribution in [0.5, 0.6) is 0 Å². The van der Waals surface area contributed by atoms with Gasteiger partial charge in [-0.1, -0.05) is 25.1 Å². The number of rotatable bonds is 4.